The average molecular weight is 277 g/mol. The van der Waals surface area contributed by atoms with E-state index in [-0.39, 0.29) is 12.5 Å². The van der Waals surface area contributed by atoms with Crippen LogP contribution in [0, 0.1) is 0 Å². The van der Waals surface area contributed by atoms with Crippen molar-refractivity contribution in [1.82, 2.24) is 5.32 Å². The highest BCUT2D eigenvalue weighted by atomic mass is 19.1. The Bertz CT molecular complexity index is 294. The van der Waals surface area contributed by atoms with Crippen molar-refractivity contribution in [3.8, 4) is 0 Å². The van der Waals surface area contributed by atoms with Gasteiger partial charge in [-0.25, -0.2) is 9.18 Å². The van der Waals surface area contributed by atoms with Gasteiger partial charge < -0.3 is 14.9 Å². The maximum absolute atomic E-state index is 12.5. The molecule has 0 aliphatic rings. The van der Waals surface area contributed by atoms with Crippen LogP contribution in [0.15, 0.2) is 0 Å². The fourth-order valence-electron chi connectivity index (χ4n) is 1.81. The molecular weight excluding hydrogens is 251 g/mol. The number of carboxylic acid groups (broad SMARTS) is 1. The van der Waals surface area contributed by atoms with Gasteiger partial charge in [-0.15, -0.1) is 0 Å². The first kappa shape index (κ1) is 17.8. The standard InChI is InChI=1S/C13H25FN2O3/c1-11(14)6-4-7-12(17)15-8-5-9-16(2,3)10-13(18)19/h11H,4-10H2,1-3H3,(H-,15,17,18,19)/p+1. The molecule has 6 heteroatoms. The Morgan fingerprint density at radius 1 is 1.32 bits per heavy atom. The quantitative estimate of drug-likeness (QED) is 0.465. The van der Waals surface area contributed by atoms with Gasteiger partial charge in [0.05, 0.1) is 26.8 Å². The van der Waals surface area contributed by atoms with Gasteiger partial charge in [0, 0.05) is 19.4 Å². The highest BCUT2D eigenvalue weighted by Gasteiger charge is 2.18. The zero-order valence-electron chi connectivity index (χ0n) is 12.1. The van der Waals surface area contributed by atoms with Crippen molar-refractivity contribution in [3.05, 3.63) is 0 Å². The first-order valence-corrected chi connectivity index (χ1v) is 6.67. The van der Waals surface area contributed by atoms with E-state index in [0.29, 0.717) is 36.8 Å². The van der Waals surface area contributed by atoms with E-state index in [0.717, 1.165) is 6.42 Å². The Morgan fingerprint density at radius 2 is 1.95 bits per heavy atom. The Kier molecular flexibility index (Phi) is 8.30. The zero-order chi connectivity index (χ0) is 14.9. The second kappa shape index (κ2) is 8.85. The van der Waals surface area contributed by atoms with E-state index < -0.39 is 12.1 Å². The summed E-state index contributed by atoms with van der Waals surface area (Å²) in [5, 5.41) is 11.5. The van der Waals surface area contributed by atoms with E-state index >= 15 is 0 Å². The number of nitrogens with zero attached hydrogens (tertiary/aromatic N) is 1. The van der Waals surface area contributed by atoms with Crippen LogP contribution < -0.4 is 5.32 Å². The average Bonchev–Trinajstić information content (AvgIpc) is 2.22. The van der Waals surface area contributed by atoms with Crippen LogP contribution in [0.25, 0.3) is 0 Å². The number of hydrogen-bond acceptors (Lipinski definition) is 2. The Labute approximate surface area is 114 Å². The number of rotatable bonds is 10. The molecule has 0 aromatic rings. The summed E-state index contributed by atoms with van der Waals surface area (Å²) in [4.78, 5) is 22.0. The number of aliphatic carboxylic acids is 1. The number of amides is 1. The lowest BCUT2D eigenvalue weighted by Gasteiger charge is -2.27. The molecule has 0 spiro atoms. The van der Waals surface area contributed by atoms with Crippen molar-refractivity contribution in [1.29, 1.82) is 0 Å². The molecule has 1 unspecified atom stereocenters. The first-order chi connectivity index (χ1) is 8.73. The monoisotopic (exact) mass is 277 g/mol. The SMILES string of the molecule is CC(F)CCCC(=O)NCCC[N+](C)(C)CC(=O)O. The number of carboxylic acids is 1. The van der Waals surface area contributed by atoms with Gasteiger partial charge in [-0.05, 0) is 19.8 Å². The minimum atomic E-state index is -0.859. The van der Waals surface area contributed by atoms with Crippen LogP contribution >= 0.6 is 0 Å². The zero-order valence-corrected chi connectivity index (χ0v) is 12.1. The van der Waals surface area contributed by atoms with Crippen LogP contribution in [0.4, 0.5) is 4.39 Å². The lowest BCUT2D eigenvalue weighted by molar-refractivity contribution is -0.883. The molecule has 0 radical (unpaired) electrons. The Morgan fingerprint density at radius 3 is 2.47 bits per heavy atom. The van der Waals surface area contributed by atoms with Crippen molar-refractivity contribution in [2.24, 2.45) is 0 Å². The van der Waals surface area contributed by atoms with E-state index in [1.54, 1.807) is 0 Å². The van der Waals surface area contributed by atoms with Crippen LogP contribution in [0.1, 0.15) is 32.6 Å². The van der Waals surface area contributed by atoms with E-state index in [1.165, 1.54) is 6.92 Å². The molecule has 0 saturated carbocycles. The maximum Gasteiger partial charge on any atom is 0.359 e. The molecule has 0 heterocycles. The van der Waals surface area contributed by atoms with E-state index in [2.05, 4.69) is 5.32 Å². The van der Waals surface area contributed by atoms with Crippen molar-refractivity contribution in [3.63, 3.8) is 0 Å². The Balaban J connectivity index is 3.63. The number of likely N-dealkylation sites (N-methyl/N-ethyl adjacent to an activating group) is 1. The summed E-state index contributed by atoms with van der Waals surface area (Å²) in [6, 6.07) is 0. The van der Waals surface area contributed by atoms with Crippen molar-refractivity contribution >= 4 is 11.9 Å². The first-order valence-electron chi connectivity index (χ1n) is 6.67. The summed E-state index contributed by atoms with van der Waals surface area (Å²) in [6.07, 6.45) is 1.19. The van der Waals surface area contributed by atoms with Crippen molar-refractivity contribution in [2.45, 2.75) is 38.8 Å². The molecule has 2 N–H and O–H groups in total. The number of carbonyl (C=O) groups excluding carboxylic acids is 1. The number of halogens is 1. The Hall–Kier alpha value is -1.17. The van der Waals surface area contributed by atoms with Gasteiger partial charge in [-0.1, -0.05) is 0 Å². The highest BCUT2D eigenvalue weighted by molar-refractivity contribution is 5.75. The van der Waals surface area contributed by atoms with Crippen molar-refractivity contribution in [2.75, 3.05) is 33.7 Å². The molecule has 112 valence electrons. The third kappa shape index (κ3) is 11.6. The van der Waals surface area contributed by atoms with Crippen LogP contribution in [0.5, 0.6) is 0 Å². The topological polar surface area (TPSA) is 66.4 Å². The van der Waals surface area contributed by atoms with Gasteiger partial charge in [0.25, 0.3) is 0 Å². The van der Waals surface area contributed by atoms with Gasteiger partial charge in [-0.3, -0.25) is 4.79 Å². The molecule has 19 heavy (non-hydrogen) atoms. The molecule has 0 saturated heterocycles. The molecule has 0 aliphatic heterocycles. The van der Waals surface area contributed by atoms with Gasteiger partial charge in [0.1, 0.15) is 0 Å². The summed E-state index contributed by atoms with van der Waals surface area (Å²) < 4.78 is 12.9. The highest BCUT2D eigenvalue weighted by Crippen LogP contribution is 2.03. The molecule has 0 fully saturated rings. The van der Waals surface area contributed by atoms with E-state index in [4.69, 9.17) is 5.11 Å². The number of carbonyl (C=O) groups is 2. The predicted molar refractivity (Wildman–Crippen MR) is 71.5 cm³/mol. The van der Waals surface area contributed by atoms with E-state index in [1.807, 2.05) is 14.1 Å². The fourth-order valence-corrected chi connectivity index (χ4v) is 1.81. The van der Waals surface area contributed by atoms with Crippen molar-refractivity contribution < 1.29 is 23.6 Å². The molecule has 1 amide bonds. The summed E-state index contributed by atoms with van der Waals surface area (Å²) in [6.45, 7) is 2.78. The van der Waals surface area contributed by atoms with E-state index in [9.17, 15) is 14.0 Å². The molecule has 0 rings (SSSR count). The predicted octanol–water partition coefficient (Wildman–Crippen LogP) is 1.18. The van der Waals surface area contributed by atoms with Gasteiger partial charge in [0.2, 0.25) is 5.91 Å². The fraction of sp³-hybridized carbons (Fsp3) is 0.846. The summed E-state index contributed by atoms with van der Waals surface area (Å²) in [5.41, 5.74) is 0. The molecule has 0 aliphatic carbocycles. The van der Waals surface area contributed by atoms with Crippen LogP contribution in [0.2, 0.25) is 0 Å². The van der Waals surface area contributed by atoms with Crippen LogP contribution in [-0.2, 0) is 9.59 Å². The minimum Gasteiger partial charge on any atom is -0.477 e. The number of hydrogen-bond donors (Lipinski definition) is 2. The number of quaternary nitrogens is 1. The normalized spacial score (nSPS) is 13.1. The summed E-state index contributed by atoms with van der Waals surface area (Å²) in [5.74, 6) is -0.890. The number of alkyl halides is 1. The van der Waals surface area contributed by atoms with Gasteiger partial charge in [-0.2, -0.15) is 0 Å². The van der Waals surface area contributed by atoms with Crippen LogP contribution in [-0.4, -0.2) is 61.4 Å². The molecule has 0 aromatic heterocycles. The van der Waals surface area contributed by atoms with Gasteiger partial charge in [0.15, 0.2) is 6.54 Å². The smallest absolute Gasteiger partial charge is 0.359 e. The minimum absolute atomic E-state index is 0.0656. The molecular formula is C13H26FN2O3+. The largest absolute Gasteiger partial charge is 0.477 e. The third-order valence-corrected chi connectivity index (χ3v) is 2.83. The second-order valence-corrected chi connectivity index (χ2v) is 5.59. The lowest BCUT2D eigenvalue weighted by atomic mass is 10.2. The summed E-state index contributed by atoms with van der Waals surface area (Å²) in [7, 11) is 3.69. The molecule has 5 nitrogen and oxygen atoms in total. The maximum atomic E-state index is 12.5. The molecule has 0 aromatic carbocycles. The number of nitrogens with one attached hydrogen (secondary N) is 1. The third-order valence-electron chi connectivity index (χ3n) is 2.83. The van der Waals surface area contributed by atoms with Gasteiger partial charge >= 0.3 is 5.97 Å². The summed E-state index contributed by atoms with van der Waals surface area (Å²) >= 11 is 0. The second-order valence-electron chi connectivity index (χ2n) is 5.59. The lowest BCUT2D eigenvalue weighted by Crippen LogP contribution is -2.45. The van der Waals surface area contributed by atoms with Crippen LogP contribution in [0.3, 0.4) is 0 Å². The molecule has 1 atom stereocenters. The molecule has 0 bridgehead atoms.